The van der Waals surface area contributed by atoms with Crippen LogP contribution in [0.25, 0.3) is 0 Å². The molecule has 0 amide bonds. The minimum Gasteiger partial charge on any atom is -0.475 e. The lowest BCUT2D eigenvalue weighted by atomic mass is 10.1. The van der Waals surface area contributed by atoms with Crippen molar-refractivity contribution in [3.63, 3.8) is 0 Å². The number of carboxylic acids is 1. The SMILES string of the molecule is F[C@@H]1CCN(C2CCNCC2)C1.O=C(O)C(F)(F)F. The van der Waals surface area contributed by atoms with Crippen LogP contribution in [0.2, 0.25) is 0 Å². The predicted octanol–water partition coefficient (Wildman–Crippen LogP) is 1.42. The Bertz CT molecular complexity index is 290. The fourth-order valence-corrected chi connectivity index (χ4v) is 2.25. The molecule has 0 radical (unpaired) electrons. The van der Waals surface area contributed by atoms with Gasteiger partial charge in [0.05, 0.1) is 0 Å². The smallest absolute Gasteiger partial charge is 0.475 e. The number of carboxylic acid groups (broad SMARTS) is 1. The third-order valence-electron chi connectivity index (χ3n) is 3.23. The highest BCUT2D eigenvalue weighted by Gasteiger charge is 2.38. The van der Waals surface area contributed by atoms with E-state index in [4.69, 9.17) is 9.90 Å². The monoisotopic (exact) mass is 286 g/mol. The molecule has 2 saturated heterocycles. The van der Waals surface area contributed by atoms with Crippen molar-refractivity contribution < 1.29 is 27.5 Å². The molecule has 0 aliphatic carbocycles. The van der Waals surface area contributed by atoms with E-state index in [0.29, 0.717) is 12.6 Å². The molecule has 112 valence electrons. The number of aliphatic carboxylic acids is 1. The van der Waals surface area contributed by atoms with Crippen LogP contribution in [0.1, 0.15) is 19.3 Å². The van der Waals surface area contributed by atoms with E-state index in [9.17, 15) is 17.6 Å². The first kappa shape index (κ1) is 16.2. The van der Waals surface area contributed by atoms with Gasteiger partial charge in [0, 0.05) is 19.1 Å². The number of rotatable bonds is 1. The molecular weight excluding hydrogens is 268 g/mol. The second-order valence-electron chi connectivity index (χ2n) is 4.66. The van der Waals surface area contributed by atoms with Crippen LogP contribution >= 0.6 is 0 Å². The third kappa shape index (κ3) is 5.73. The fourth-order valence-electron chi connectivity index (χ4n) is 2.25. The van der Waals surface area contributed by atoms with E-state index in [-0.39, 0.29) is 0 Å². The van der Waals surface area contributed by atoms with E-state index in [1.165, 1.54) is 12.8 Å². The molecule has 0 bridgehead atoms. The number of halogens is 4. The van der Waals surface area contributed by atoms with E-state index < -0.39 is 18.3 Å². The summed E-state index contributed by atoms with van der Waals surface area (Å²) in [6, 6.07) is 0.659. The molecule has 8 heteroatoms. The minimum atomic E-state index is -5.08. The van der Waals surface area contributed by atoms with E-state index in [1.54, 1.807) is 0 Å². The molecule has 2 heterocycles. The zero-order chi connectivity index (χ0) is 14.5. The average molecular weight is 286 g/mol. The third-order valence-corrected chi connectivity index (χ3v) is 3.23. The Morgan fingerprint density at radius 3 is 2.11 bits per heavy atom. The topological polar surface area (TPSA) is 52.6 Å². The number of carbonyl (C=O) groups is 1. The van der Waals surface area contributed by atoms with E-state index in [0.717, 1.165) is 26.1 Å². The molecule has 2 aliphatic heterocycles. The van der Waals surface area contributed by atoms with Crippen molar-refractivity contribution >= 4 is 5.97 Å². The van der Waals surface area contributed by atoms with E-state index in [2.05, 4.69) is 10.2 Å². The van der Waals surface area contributed by atoms with Gasteiger partial charge < -0.3 is 10.4 Å². The maximum atomic E-state index is 12.9. The minimum absolute atomic E-state index is 0.556. The van der Waals surface area contributed by atoms with Crippen molar-refractivity contribution in [2.45, 2.75) is 37.7 Å². The van der Waals surface area contributed by atoms with Gasteiger partial charge in [-0.25, -0.2) is 9.18 Å². The summed E-state index contributed by atoms with van der Waals surface area (Å²) in [6.45, 7) is 3.88. The lowest BCUT2D eigenvalue weighted by Crippen LogP contribution is -2.42. The maximum Gasteiger partial charge on any atom is 0.490 e. The Labute approximate surface area is 108 Å². The molecule has 2 fully saturated rings. The van der Waals surface area contributed by atoms with Gasteiger partial charge in [0.15, 0.2) is 0 Å². The molecule has 19 heavy (non-hydrogen) atoms. The van der Waals surface area contributed by atoms with Crippen molar-refractivity contribution in [1.82, 2.24) is 10.2 Å². The molecule has 2 N–H and O–H groups in total. The quantitative estimate of drug-likeness (QED) is 0.716. The summed E-state index contributed by atoms with van der Waals surface area (Å²) in [4.78, 5) is 11.2. The Morgan fingerprint density at radius 2 is 1.74 bits per heavy atom. The standard InChI is InChI=1S/C9H17FN2.C2HF3O2/c10-8-3-6-12(7-8)9-1-4-11-5-2-9;3-2(4,5)1(6)7/h8-9,11H,1-7H2;(H,6,7)/t8-;/m1./s1. The van der Waals surface area contributed by atoms with Crippen molar-refractivity contribution in [2.24, 2.45) is 0 Å². The molecular formula is C11H18F4N2O2. The summed E-state index contributed by atoms with van der Waals surface area (Å²) in [7, 11) is 0. The van der Waals surface area contributed by atoms with E-state index in [1.807, 2.05) is 0 Å². The van der Waals surface area contributed by atoms with Crippen LogP contribution in [-0.2, 0) is 4.79 Å². The summed E-state index contributed by atoms with van der Waals surface area (Å²) in [6.07, 6.45) is -2.48. The highest BCUT2D eigenvalue weighted by molar-refractivity contribution is 5.73. The Hall–Kier alpha value is -0.890. The normalized spacial score (nSPS) is 25.8. The zero-order valence-electron chi connectivity index (χ0n) is 10.4. The maximum absolute atomic E-state index is 12.9. The second kappa shape index (κ2) is 7.04. The van der Waals surface area contributed by atoms with Gasteiger partial charge in [-0.2, -0.15) is 13.2 Å². The van der Waals surface area contributed by atoms with Crippen LogP contribution in [0, 0.1) is 0 Å². The van der Waals surface area contributed by atoms with Gasteiger partial charge in [-0.1, -0.05) is 0 Å². The molecule has 1 atom stereocenters. The van der Waals surface area contributed by atoms with Gasteiger partial charge in [0.1, 0.15) is 6.17 Å². The van der Waals surface area contributed by atoms with Gasteiger partial charge in [-0.3, -0.25) is 4.90 Å². The number of nitrogens with zero attached hydrogens (tertiary/aromatic N) is 1. The summed E-state index contributed by atoms with van der Waals surface area (Å²) in [5.41, 5.74) is 0. The molecule has 0 unspecified atom stereocenters. The van der Waals surface area contributed by atoms with Crippen molar-refractivity contribution in [3.8, 4) is 0 Å². The highest BCUT2D eigenvalue weighted by Crippen LogP contribution is 2.20. The van der Waals surface area contributed by atoms with E-state index >= 15 is 0 Å². The van der Waals surface area contributed by atoms with Crippen molar-refractivity contribution in [2.75, 3.05) is 26.2 Å². The zero-order valence-corrected chi connectivity index (χ0v) is 10.4. The van der Waals surface area contributed by atoms with Crippen LogP contribution in [-0.4, -0.2) is 60.5 Å². The number of alkyl halides is 4. The first-order chi connectivity index (χ1) is 8.80. The summed E-state index contributed by atoms with van der Waals surface area (Å²) in [5.74, 6) is -2.76. The molecule has 2 rings (SSSR count). The molecule has 0 aromatic heterocycles. The first-order valence-electron chi connectivity index (χ1n) is 6.19. The summed E-state index contributed by atoms with van der Waals surface area (Å²) < 4.78 is 44.6. The number of likely N-dealkylation sites (tertiary alicyclic amines) is 1. The van der Waals surface area contributed by atoms with Gasteiger partial charge >= 0.3 is 12.1 Å². The largest absolute Gasteiger partial charge is 0.490 e. The Kier molecular flexibility index (Phi) is 5.99. The number of piperidine rings is 1. The lowest BCUT2D eigenvalue weighted by Gasteiger charge is -2.30. The predicted molar refractivity (Wildman–Crippen MR) is 60.7 cm³/mol. The van der Waals surface area contributed by atoms with Crippen LogP contribution in [0.5, 0.6) is 0 Å². The second-order valence-corrected chi connectivity index (χ2v) is 4.66. The van der Waals surface area contributed by atoms with Gasteiger partial charge in [-0.15, -0.1) is 0 Å². The van der Waals surface area contributed by atoms with Crippen LogP contribution < -0.4 is 5.32 Å². The first-order valence-corrected chi connectivity index (χ1v) is 6.19. The number of hydrogen-bond donors (Lipinski definition) is 2. The van der Waals surface area contributed by atoms with Crippen LogP contribution in [0.3, 0.4) is 0 Å². The van der Waals surface area contributed by atoms with Crippen molar-refractivity contribution in [3.05, 3.63) is 0 Å². The highest BCUT2D eigenvalue weighted by atomic mass is 19.4. The summed E-state index contributed by atoms with van der Waals surface area (Å²) >= 11 is 0. The number of nitrogens with one attached hydrogen (secondary N) is 1. The van der Waals surface area contributed by atoms with Crippen molar-refractivity contribution in [1.29, 1.82) is 0 Å². The molecule has 2 aliphatic rings. The molecule has 0 spiro atoms. The van der Waals surface area contributed by atoms with Crippen LogP contribution in [0.4, 0.5) is 17.6 Å². The average Bonchev–Trinajstić information content (AvgIpc) is 2.77. The number of hydrogen-bond acceptors (Lipinski definition) is 3. The fraction of sp³-hybridized carbons (Fsp3) is 0.909. The van der Waals surface area contributed by atoms with Gasteiger partial charge in [0.25, 0.3) is 0 Å². The molecule has 0 saturated carbocycles. The molecule has 0 aromatic carbocycles. The Balaban J connectivity index is 0.000000224. The molecule has 4 nitrogen and oxygen atoms in total. The van der Waals surface area contributed by atoms with Gasteiger partial charge in [-0.05, 0) is 32.4 Å². The lowest BCUT2D eigenvalue weighted by molar-refractivity contribution is -0.192. The molecule has 0 aromatic rings. The van der Waals surface area contributed by atoms with Crippen LogP contribution in [0.15, 0.2) is 0 Å². The van der Waals surface area contributed by atoms with Gasteiger partial charge in [0.2, 0.25) is 0 Å². The summed E-state index contributed by atoms with van der Waals surface area (Å²) in [5, 5.41) is 10.5. The Morgan fingerprint density at radius 1 is 1.21 bits per heavy atom.